The van der Waals surface area contributed by atoms with E-state index in [0.29, 0.717) is 59.0 Å². The molecule has 19 heteroatoms. The molecule has 1 aliphatic carbocycles. The zero-order valence-electron chi connectivity index (χ0n) is 40.0. The Morgan fingerprint density at radius 2 is 1.62 bits per heavy atom. The first-order chi connectivity index (χ1) is 34.2. The lowest BCUT2D eigenvalue weighted by molar-refractivity contribution is -0.136. The summed E-state index contributed by atoms with van der Waals surface area (Å²) in [5.74, 6) is -2.02. The first kappa shape index (κ1) is 45.9. The highest BCUT2D eigenvalue weighted by molar-refractivity contribution is 6.23. The van der Waals surface area contributed by atoms with Crippen LogP contribution in [0.2, 0.25) is 0 Å². The number of piperidine rings is 2. The number of hydrogen-bond donors (Lipinski definition) is 4. The molecule has 4 aromatic heterocycles. The van der Waals surface area contributed by atoms with Gasteiger partial charge in [0.15, 0.2) is 0 Å². The number of benzene rings is 1. The van der Waals surface area contributed by atoms with Crippen LogP contribution in [-0.2, 0) is 35.6 Å². The lowest BCUT2D eigenvalue weighted by Gasteiger charge is -2.46. The minimum atomic E-state index is -0.998. The van der Waals surface area contributed by atoms with Crippen molar-refractivity contribution < 1.29 is 33.9 Å². The van der Waals surface area contributed by atoms with Crippen LogP contribution in [0.25, 0.3) is 11.3 Å². The van der Waals surface area contributed by atoms with Crippen molar-refractivity contribution in [1.82, 2.24) is 34.6 Å². The van der Waals surface area contributed by atoms with Crippen LogP contribution in [0.5, 0.6) is 0 Å². The number of aliphatic hydroxyl groups is 1. The summed E-state index contributed by atoms with van der Waals surface area (Å²) in [5, 5.41) is 16.3. The van der Waals surface area contributed by atoms with Crippen LogP contribution in [0.4, 0.5) is 28.7 Å². The smallest absolute Gasteiger partial charge is 0.276 e. The molecule has 0 spiro atoms. The topological polar surface area (TPSA) is 233 Å². The number of pyridine rings is 3. The molecule has 1 aromatic carbocycles. The molecule has 5 aromatic rings. The molecule has 19 nitrogen and oxygen atoms in total. The number of nitrogens with zero attached hydrogens (tertiary/aromatic N) is 9. The summed E-state index contributed by atoms with van der Waals surface area (Å²) in [5.41, 5.74) is 13.5. The third-order valence-electron chi connectivity index (χ3n) is 15.3. The largest absolute Gasteiger partial charge is 0.392 e. The predicted octanol–water partition coefficient (Wildman–Crippen LogP) is 4.04. The van der Waals surface area contributed by atoms with Crippen molar-refractivity contribution in [3.05, 3.63) is 106 Å². The van der Waals surface area contributed by atoms with Gasteiger partial charge in [-0.2, -0.15) is 0 Å². The van der Waals surface area contributed by atoms with E-state index >= 15 is 0 Å². The van der Waals surface area contributed by atoms with E-state index in [4.69, 9.17) is 10.7 Å². The summed E-state index contributed by atoms with van der Waals surface area (Å²) >= 11 is 0. The summed E-state index contributed by atoms with van der Waals surface area (Å²) in [6.45, 7) is 11.4. The van der Waals surface area contributed by atoms with Gasteiger partial charge in [0.25, 0.3) is 23.6 Å². The van der Waals surface area contributed by atoms with Gasteiger partial charge < -0.3 is 30.5 Å². The van der Waals surface area contributed by atoms with E-state index in [1.807, 2.05) is 30.5 Å². The Morgan fingerprint density at radius 3 is 2.35 bits per heavy atom. The molecule has 0 bridgehead atoms. The van der Waals surface area contributed by atoms with Crippen LogP contribution in [0.1, 0.15) is 105 Å². The number of piperazine rings is 1. The summed E-state index contributed by atoms with van der Waals surface area (Å²) in [7, 11) is 0. The van der Waals surface area contributed by atoms with E-state index in [-0.39, 0.29) is 46.9 Å². The normalized spacial score (nSPS) is 21.4. The Morgan fingerprint density at radius 1 is 0.831 bits per heavy atom. The van der Waals surface area contributed by atoms with E-state index in [1.54, 1.807) is 35.4 Å². The Balaban J connectivity index is 0.725. The molecule has 6 aliphatic rings. The van der Waals surface area contributed by atoms with Crippen LogP contribution < -0.4 is 31.1 Å². The fraction of sp³-hybridized carbons (Fsp3) is 0.404. The number of nitrogens with two attached hydrogens (primary N) is 1. The number of primary amides is 1. The first-order valence-electron chi connectivity index (χ1n) is 24.4. The van der Waals surface area contributed by atoms with Crippen LogP contribution in [0.3, 0.4) is 0 Å². The maximum absolute atomic E-state index is 14.0. The molecule has 1 unspecified atom stereocenters. The molecule has 5 aliphatic heterocycles. The van der Waals surface area contributed by atoms with Crippen molar-refractivity contribution in [2.45, 2.75) is 90.6 Å². The number of rotatable bonds is 10. The lowest BCUT2D eigenvalue weighted by atomic mass is 9.90. The van der Waals surface area contributed by atoms with Crippen molar-refractivity contribution >= 4 is 64.1 Å². The standard InChI is InChI=1S/C52H56N12O7/c1-29-27-60(31-11-14-59(15-12-31)32-4-6-35-36(21-32)50(70)64(49(35)69)41-7-9-45(66)58-48(41)68)16-17-61(29)33-5-8-44(56-25-33)57-40-22-39(55-26-37(40)46(53)67)34-10-13-54-47(38(34)28-65)63-19-18-62-42(51(63)71)20-30-23-52(2,3)24-43(30)62/h4-6,8,10,13,20-22,25-26,29,31,41,65H,7,9,11-12,14-19,23-24,27-28H2,1-3H3,(H2,53,67)(H,55,56,57)(H,58,66,68)/t29-,41?/m0/s1. The van der Waals surface area contributed by atoms with Crippen LogP contribution in [0, 0.1) is 5.41 Å². The summed E-state index contributed by atoms with van der Waals surface area (Å²) in [6.07, 6.45) is 8.72. The van der Waals surface area contributed by atoms with Gasteiger partial charge in [-0.3, -0.25) is 53.8 Å². The van der Waals surface area contributed by atoms with Crippen molar-refractivity contribution in [1.29, 1.82) is 0 Å². The van der Waals surface area contributed by atoms with Gasteiger partial charge >= 0.3 is 0 Å². The zero-order chi connectivity index (χ0) is 49.5. The van der Waals surface area contributed by atoms with Crippen LogP contribution in [0.15, 0.2) is 67.1 Å². The van der Waals surface area contributed by atoms with Crippen LogP contribution in [-0.4, -0.2) is 127 Å². The predicted molar refractivity (Wildman–Crippen MR) is 263 cm³/mol. The second-order valence-corrected chi connectivity index (χ2v) is 20.4. The minimum absolute atomic E-state index is 0.0738. The van der Waals surface area contributed by atoms with E-state index in [2.05, 4.69) is 60.6 Å². The number of anilines is 5. The molecule has 6 amide bonds. The monoisotopic (exact) mass is 960 g/mol. The lowest BCUT2D eigenvalue weighted by Crippen LogP contribution is -2.57. The average molecular weight is 961 g/mol. The number of nitrogens with one attached hydrogen (secondary N) is 2. The molecule has 366 valence electrons. The molecule has 71 heavy (non-hydrogen) atoms. The number of aromatic nitrogens is 4. The highest BCUT2D eigenvalue weighted by Crippen LogP contribution is 2.41. The maximum atomic E-state index is 14.0. The van der Waals surface area contributed by atoms with Gasteiger partial charge in [0.1, 0.15) is 23.4 Å². The molecule has 5 N–H and O–H groups in total. The summed E-state index contributed by atoms with van der Waals surface area (Å²) in [6, 6.07) is 14.2. The number of amides is 6. The van der Waals surface area contributed by atoms with Gasteiger partial charge in [0, 0.05) is 99.2 Å². The number of imide groups is 2. The van der Waals surface area contributed by atoms with Crippen molar-refractivity contribution in [2.75, 3.05) is 59.3 Å². The number of fused-ring (bicyclic) bond motifs is 4. The van der Waals surface area contributed by atoms with Crippen LogP contribution >= 0.6 is 0 Å². The highest BCUT2D eigenvalue weighted by atomic mass is 16.3. The van der Waals surface area contributed by atoms with Gasteiger partial charge in [0.2, 0.25) is 11.8 Å². The number of carbonyl (C=O) groups is 6. The SMILES string of the molecule is C[C@H]1CN(C2CCN(c3ccc4c(c3)C(=O)N(C3CCC(=O)NC3=O)C4=O)CC2)CCN1c1ccc(Nc2cc(-c3ccnc(N4CCn5c(cc6c5CC(C)(C)C6)C4=O)c3CO)ncc2C(N)=O)nc1. The van der Waals surface area contributed by atoms with E-state index < -0.39 is 42.2 Å². The minimum Gasteiger partial charge on any atom is -0.392 e. The molecular weight excluding hydrogens is 905 g/mol. The third-order valence-corrected chi connectivity index (χ3v) is 15.3. The molecule has 2 atom stereocenters. The molecule has 0 saturated carbocycles. The summed E-state index contributed by atoms with van der Waals surface area (Å²) in [4.78, 5) is 101. The quantitative estimate of drug-likeness (QED) is 0.145. The second kappa shape index (κ2) is 17.7. The average Bonchev–Trinajstić information content (AvgIpc) is 3.95. The van der Waals surface area contributed by atoms with Crippen molar-refractivity contribution in [3.8, 4) is 11.3 Å². The Bertz CT molecular complexity index is 3050. The van der Waals surface area contributed by atoms with Crippen molar-refractivity contribution in [2.24, 2.45) is 11.1 Å². The van der Waals surface area contributed by atoms with E-state index in [9.17, 15) is 33.9 Å². The van der Waals surface area contributed by atoms with Gasteiger partial charge in [-0.05, 0) is 98.5 Å². The van der Waals surface area contributed by atoms with Gasteiger partial charge in [-0.15, -0.1) is 0 Å². The molecular formula is C52H56N12O7. The van der Waals surface area contributed by atoms with Gasteiger partial charge in [-0.1, -0.05) is 13.8 Å². The molecule has 11 rings (SSSR count). The fourth-order valence-electron chi connectivity index (χ4n) is 11.7. The third kappa shape index (κ3) is 8.15. The maximum Gasteiger partial charge on any atom is 0.276 e. The van der Waals surface area contributed by atoms with E-state index in [1.165, 1.54) is 17.5 Å². The Labute approximate surface area is 410 Å². The second-order valence-electron chi connectivity index (χ2n) is 20.4. The van der Waals surface area contributed by atoms with Gasteiger partial charge in [-0.25, -0.2) is 9.97 Å². The molecule has 9 heterocycles. The fourth-order valence-corrected chi connectivity index (χ4v) is 11.7. The first-order valence-corrected chi connectivity index (χ1v) is 24.4. The molecule has 3 saturated heterocycles. The summed E-state index contributed by atoms with van der Waals surface area (Å²) < 4.78 is 2.14. The Kier molecular flexibility index (Phi) is 11.5. The highest BCUT2D eigenvalue weighted by Gasteiger charge is 2.45. The van der Waals surface area contributed by atoms with E-state index in [0.717, 1.165) is 74.7 Å². The molecule has 3 fully saturated rings. The Hall–Kier alpha value is -7.51. The number of carbonyl (C=O) groups excluding carboxylic acids is 6. The zero-order valence-corrected chi connectivity index (χ0v) is 40.0. The number of hydrogen-bond acceptors (Lipinski definition) is 14. The van der Waals surface area contributed by atoms with Gasteiger partial charge in [0.05, 0.1) is 46.6 Å². The van der Waals surface area contributed by atoms with Crippen molar-refractivity contribution in [3.63, 3.8) is 0 Å². The molecule has 0 radical (unpaired) electrons. The number of aliphatic hydroxyl groups excluding tert-OH is 1.